The summed E-state index contributed by atoms with van der Waals surface area (Å²) in [7, 11) is 0. The normalized spacial score (nSPS) is 16.5. The van der Waals surface area contributed by atoms with Crippen LogP contribution in [0.15, 0.2) is 54.6 Å². The van der Waals surface area contributed by atoms with Crippen molar-refractivity contribution in [1.82, 2.24) is 0 Å². The van der Waals surface area contributed by atoms with Crippen molar-refractivity contribution < 1.29 is 9.53 Å². The second-order valence-corrected chi connectivity index (χ2v) is 4.61. The van der Waals surface area contributed by atoms with Crippen LogP contribution < -0.4 is 5.32 Å². The van der Waals surface area contributed by atoms with E-state index in [0.717, 1.165) is 16.8 Å². The molecule has 0 aromatic heterocycles. The Bertz CT molecular complexity index is 580. The van der Waals surface area contributed by atoms with E-state index in [1.54, 1.807) is 0 Å². The van der Waals surface area contributed by atoms with Gasteiger partial charge in [-0.1, -0.05) is 48.5 Å². The van der Waals surface area contributed by atoms with Gasteiger partial charge < -0.3 is 10.1 Å². The number of carbonyl (C=O) groups is 1. The van der Waals surface area contributed by atoms with Crippen molar-refractivity contribution in [3.8, 4) is 0 Å². The minimum absolute atomic E-state index is 0.165. The quantitative estimate of drug-likeness (QED) is 0.855. The maximum absolute atomic E-state index is 12.1. The third kappa shape index (κ3) is 2.45. The molecule has 2 aromatic rings. The molecule has 0 fully saturated rings. The van der Waals surface area contributed by atoms with E-state index in [0.29, 0.717) is 13.2 Å². The van der Waals surface area contributed by atoms with Gasteiger partial charge in [0.2, 0.25) is 0 Å². The molecule has 1 unspecified atom stereocenters. The van der Waals surface area contributed by atoms with Crippen molar-refractivity contribution in [2.45, 2.75) is 12.5 Å². The molecule has 3 nitrogen and oxygen atoms in total. The standard InChI is InChI=1S/C16H15NO2/c18-16(19-11-12-6-2-1-3-7-12)14-10-17-15-9-5-4-8-13(14)15/h1-9,14,17H,10-11H2. The average molecular weight is 253 g/mol. The van der Waals surface area contributed by atoms with Gasteiger partial charge in [0.1, 0.15) is 12.5 Å². The zero-order valence-electron chi connectivity index (χ0n) is 10.5. The first-order chi connectivity index (χ1) is 9.34. The van der Waals surface area contributed by atoms with Crippen molar-refractivity contribution in [2.24, 2.45) is 0 Å². The Hall–Kier alpha value is -2.29. The Balaban J connectivity index is 1.66. The fourth-order valence-electron chi connectivity index (χ4n) is 2.32. The maximum atomic E-state index is 12.1. The number of anilines is 1. The summed E-state index contributed by atoms with van der Waals surface area (Å²) in [6, 6.07) is 17.6. The molecule has 3 heteroatoms. The number of hydrogen-bond donors (Lipinski definition) is 1. The minimum atomic E-state index is -0.195. The van der Waals surface area contributed by atoms with Crippen LogP contribution in [-0.4, -0.2) is 12.5 Å². The highest BCUT2D eigenvalue weighted by molar-refractivity contribution is 5.83. The number of hydrogen-bond acceptors (Lipinski definition) is 3. The minimum Gasteiger partial charge on any atom is -0.460 e. The monoisotopic (exact) mass is 253 g/mol. The smallest absolute Gasteiger partial charge is 0.315 e. The van der Waals surface area contributed by atoms with E-state index >= 15 is 0 Å². The fourth-order valence-corrected chi connectivity index (χ4v) is 2.32. The molecule has 0 amide bonds. The second-order valence-electron chi connectivity index (χ2n) is 4.61. The number of benzene rings is 2. The first-order valence-corrected chi connectivity index (χ1v) is 6.38. The van der Waals surface area contributed by atoms with Gasteiger partial charge >= 0.3 is 5.97 Å². The molecule has 96 valence electrons. The molecule has 1 aliphatic rings. The molecule has 2 aromatic carbocycles. The van der Waals surface area contributed by atoms with Crippen LogP contribution in [0.4, 0.5) is 5.69 Å². The number of para-hydroxylation sites is 1. The predicted octanol–water partition coefficient (Wildman–Crippen LogP) is 2.94. The topological polar surface area (TPSA) is 38.3 Å². The number of nitrogens with one attached hydrogen (secondary N) is 1. The number of carbonyl (C=O) groups excluding carboxylic acids is 1. The molecule has 1 atom stereocenters. The van der Waals surface area contributed by atoms with Crippen LogP contribution in [0.25, 0.3) is 0 Å². The summed E-state index contributed by atoms with van der Waals surface area (Å²) in [5, 5.41) is 3.23. The summed E-state index contributed by atoms with van der Waals surface area (Å²) in [5.41, 5.74) is 3.07. The number of ether oxygens (including phenoxy) is 1. The summed E-state index contributed by atoms with van der Waals surface area (Å²) in [4.78, 5) is 12.1. The molecule has 1 heterocycles. The molecule has 0 saturated heterocycles. The molecule has 0 radical (unpaired) electrons. The van der Waals surface area contributed by atoms with Gasteiger partial charge in [-0.3, -0.25) is 4.79 Å². The van der Waals surface area contributed by atoms with Gasteiger partial charge in [0.25, 0.3) is 0 Å². The van der Waals surface area contributed by atoms with Crippen molar-refractivity contribution in [1.29, 1.82) is 0 Å². The van der Waals surface area contributed by atoms with Gasteiger partial charge in [0.05, 0.1) is 0 Å². The van der Waals surface area contributed by atoms with Crippen molar-refractivity contribution in [3.05, 3.63) is 65.7 Å². The highest BCUT2D eigenvalue weighted by Gasteiger charge is 2.29. The summed E-state index contributed by atoms with van der Waals surface area (Å²) < 4.78 is 5.39. The van der Waals surface area contributed by atoms with E-state index < -0.39 is 0 Å². The first kappa shape index (κ1) is 11.8. The van der Waals surface area contributed by atoms with Crippen LogP contribution in [0.2, 0.25) is 0 Å². The molecule has 19 heavy (non-hydrogen) atoms. The van der Waals surface area contributed by atoms with Gasteiger partial charge in [0, 0.05) is 12.2 Å². The molecular formula is C16H15NO2. The fraction of sp³-hybridized carbons (Fsp3) is 0.188. The molecule has 0 bridgehead atoms. The maximum Gasteiger partial charge on any atom is 0.315 e. The third-order valence-corrected chi connectivity index (χ3v) is 3.34. The molecule has 0 aliphatic carbocycles. The van der Waals surface area contributed by atoms with E-state index in [4.69, 9.17) is 4.74 Å². The summed E-state index contributed by atoms with van der Waals surface area (Å²) >= 11 is 0. The van der Waals surface area contributed by atoms with Crippen molar-refractivity contribution in [3.63, 3.8) is 0 Å². The molecule has 0 spiro atoms. The Labute approximate surface area is 112 Å². The highest BCUT2D eigenvalue weighted by Crippen LogP contribution is 2.31. The highest BCUT2D eigenvalue weighted by atomic mass is 16.5. The third-order valence-electron chi connectivity index (χ3n) is 3.34. The Morgan fingerprint density at radius 2 is 1.84 bits per heavy atom. The van der Waals surface area contributed by atoms with Gasteiger partial charge in [-0.15, -0.1) is 0 Å². The molecule has 3 rings (SSSR count). The van der Waals surface area contributed by atoms with E-state index in [9.17, 15) is 4.79 Å². The average Bonchev–Trinajstić information content (AvgIpc) is 2.90. The zero-order valence-corrected chi connectivity index (χ0v) is 10.5. The lowest BCUT2D eigenvalue weighted by atomic mass is 10.0. The number of rotatable bonds is 3. The number of esters is 1. The van der Waals surface area contributed by atoms with Gasteiger partial charge in [0.15, 0.2) is 0 Å². The van der Waals surface area contributed by atoms with Crippen molar-refractivity contribution >= 4 is 11.7 Å². The van der Waals surface area contributed by atoms with Crippen molar-refractivity contribution in [2.75, 3.05) is 11.9 Å². The van der Waals surface area contributed by atoms with Gasteiger partial charge in [-0.2, -0.15) is 0 Å². The van der Waals surface area contributed by atoms with E-state index in [-0.39, 0.29) is 11.9 Å². The molecule has 0 saturated carbocycles. The summed E-state index contributed by atoms with van der Waals surface area (Å²) in [6.45, 7) is 0.950. The van der Waals surface area contributed by atoms with Crippen LogP contribution in [-0.2, 0) is 16.1 Å². The van der Waals surface area contributed by atoms with Gasteiger partial charge in [-0.05, 0) is 17.2 Å². The second kappa shape index (κ2) is 5.14. The molecular weight excluding hydrogens is 238 g/mol. The summed E-state index contributed by atoms with van der Waals surface area (Å²) in [5.74, 6) is -0.360. The zero-order chi connectivity index (χ0) is 13.1. The lowest BCUT2D eigenvalue weighted by molar-refractivity contribution is -0.146. The van der Waals surface area contributed by atoms with Gasteiger partial charge in [-0.25, -0.2) is 0 Å². The van der Waals surface area contributed by atoms with Crippen LogP contribution >= 0.6 is 0 Å². The SMILES string of the molecule is O=C(OCc1ccccc1)C1CNc2ccccc21. The van der Waals surface area contributed by atoms with Crippen LogP contribution in [0.3, 0.4) is 0 Å². The van der Waals surface area contributed by atoms with Crippen LogP contribution in [0.5, 0.6) is 0 Å². The predicted molar refractivity (Wildman–Crippen MR) is 73.9 cm³/mol. The Morgan fingerprint density at radius 3 is 2.68 bits per heavy atom. The Kier molecular flexibility index (Phi) is 3.19. The molecule has 1 N–H and O–H groups in total. The first-order valence-electron chi connectivity index (χ1n) is 6.38. The lowest BCUT2D eigenvalue weighted by Crippen LogP contribution is -2.17. The Morgan fingerprint density at radius 1 is 1.11 bits per heavy atom. The molecule has 1 aliphatic heterocycles. The largest absolute Gasteiger partial charge is 0.460 e. The van der Waals surface area contributed by atoms with Crippen LogP contribution in [0, 0.1) is 0 Å². The van der Waals surface area contributed by atoms with E-state index in [2.05, 4.69) is 5.32 Å². The van der Waals surface area contributed by atoms with Crippen LogP contribution in [0.1, 0.15) is 17.0 Å². The lowest BCUT2D eigenvalue weighted by Gasteiger charge is -2.10. The summed E-state index contributed by atoms with van der Waals surface area (Å²) in [6.07, 6.45) is 0. The number of fused-ring (bicyclic) bond motifs is 1. The van der Waals surface area contributed by atoms with E-state index in [1.165, 1.54) is 0 Å². The van der Waals surface area contributed by atoms with E-state index in [1.807, 2.05) is 54.6 Å².